The van der Waals surface area contributed by atoms with Crippen LogP contribution in [0.5, 0.6) is 5.75 Å². The van der Waals surface area contributed by atoms with Crippen LogP contribution >= 0.6 is 15.9 Å². The monoisotopic (exact) mass is 278 g/mol. The lowest BCUT2D eigenvalue weighted by Gasteiger charge is -2.12. The van der Waals surface area contributed by atoms with Crippen LogP contribution in [0.4, 0.5) is 8.78 Å². The number of aromatic hydroxyl groups is 1. The van der Waals surface area contributed by atoms with E-state index in [1.54, 1.807) is 0 Å². The fraction of sp³-hybridized carbons (Fsp3) is 0.400. The maximum Gasteiger partial charge on any atom is 0.165 e. The minimum absolute atomic E-state index is 0.0545. The number of hydrogen-bond donors (Lipinski definition) is 2. The predicted octanol–water partition coefficient (Wildman–Crippen LogP) is 2.50. The molecule has 2 rings (SSSR count). The van der Waals surface area contributed by atoms with Crippen LogP contribution in [0.3, 0.4) is 0 Å². The minimum Gasteiger partial charge on any atom is -0.506 e. The zero-order chi connectivity index (χ0) is 11.2. The van der Waals surface area contributed by atoms with Crippen molar-refractivity contribution in [3.8, 4) is 5.75 Å². The van der Waals surface area contributed by atoms with Gasteiger partial charge in [0.2, 0.25) is 0 Å². The number of phenols is 1. The lowest BCUT2D eigenvalue weighted by atomic mass is 10.0. The summed E-state index contributed by atoms with van der Waals surface area (Å²) in [5.41, 5.74) is -1.13. The van der Waals surface area contributed by atoms with E-state index < -0.39 is 17.2 Å². The summed E-state index contributed by atoms with van der Waals surface area (Å²) < 4.78 is 26.4. The van der Waals surface area contributed by atoms with Gasteiger partial charge in [-0.15, -0.1) is 0 Å². The van der Waals surface area contributed by atoms with E-state index in [1.165, 1.54) is 0 Å². The molecule has 1 aliphatic rings. The Labute approximate surface area is 93.7 Å². The highest BCUT2D eigenvalue weighted by Gasteiger charge is 2.42. The maximum absolute atomic E-state index is 13.3. The van der Waals surface area contributed by atoms with Gasteiger partial charge in [-0.25, -0.2) is 8.78 Å². The molecular formula is C10H9BrF2O2. The van der Waals surface area contributed by atoms with Gasteiger partial charge in [0.1, 0.15) is 5.75 Å². The van der Waals surface area contributed by atoms with Crippen LogP contribution in [-0.2, 0) is 6.42 Å². The second-order valence-electron chi connectivity index (χ2n) is 3.88. The summed E-state index contributed by atoms with van der Waals surface area (Å²) in [5.74, 6) is -2.45. The van der Waals surface area contributed by atoms with Crippen molar-refractivity contribution in [1.29, 1.82) is 0 Å². The molecule has 0 heterocycles. The maximum atomic E-state index is 13.3. The Hall–Kier alpha value is -0.680. The second kappa shape index (κ2) is 3.42. The summed E-state index contributed by atoms with van der Waals surface area (Å²) in [6.07, 6.45) is 1.06. The third-order valence-electron chi connectivity index (χ3n) is 2.57. The predicted molar refractivity (Wildman–Crippen MR) is 53.6 cm³/mol. The first-order chi connectivity index (χ1) is 6.93. The molecule has 1 aromatic carbocycles. The van der Waals surface area contributed by atoms with Gasteiger partial charge in [0.25, 0.3) is 0 Å². The molecule has 0 aromatic heterocycles. The highest BCUT2D eigenvalue weighted by molar-refractivity contribution is 9.10. The molecule has 5 heteroatoms. The van der Waals surface area contributed by atoms with Crippen molar-refractivity contribution in [3.63, 3.8) is 0 Å². The first-order valence-corrected chi connectivity index (χ1v) is 5.30. The normalized spacial score (nSPS) is 17.9. The van der Waals surface area contributed by atoms with Crippen molar-refractivity contribution in [2.45, 2.75) is 24.9 Å². The number of rotatable bonds is 2. The third kappa shape index (κ3) is 1.99. The number of phenolic OH excluding ortho intramolecular Hbond substituents is 1. The van der Waals surface area contributed by atoms with E-state index in [4.69, 9.17) is 0 Å². The van der Waals surface area contributed by atoms with Crippen LogP contribution in [0.25, 0.3) is 0 Å². The highest BCUT2D eigenvalue weighted by atomic mass is 79.9. The van der Waals surface area contributed by atoms with Crippen LogP contribution in [0, 0.1) is 11.6 Å². The highest BCUT2D eigenvalue weighted by Crippen LogP contribution is 2.42. The smallest absolute Gasteiger partial charge is 0.165 e. The fourth-order valence-electron chi connectivity index (χ4n) is 1.45. The van der Waals surface area contributed by atoms with Gasteiger partial charge in [-0.05, 0) is 34.8 Å². The van der Waals surface area contributed by atoms with Crippen LogP contribution in [0.1, 0.15) is 18.4 Å². The Bertz CT molecular complexity index is 390. The molecule has 1 saturated carbocycles. The van der Waals surface area contributed by atoms with Crippen LogP contribution < -0.4 is 0 Å². The molecule has 1 aliphatic carbocycles. The van der Waals surface area contributed by atoms with Gasteiger partial charge in [0.15, 0.2) is 11.6 Å². The van der Waals surface area contributed by atoms with E-state index in [0.717, 1.165) is 6.07 Å². The molecule has 0 atom stereocenters. The van der Waals surface area contributed by atoms with Crippen LogP contribution in [0.2, 0.25) is 0 Å². The van der Waals surface area contributed by atoms with Gasteiger partial charge >= 0.3 is 0 Å². The SMILES string of the molecule is Oc1c(Br)cc(F)c(F)c1CC1(O)CC1. The van der Waals surface area contributed by atoms with E-state index in [1.807, 2.05) is 0 Å². The molecule has 15 heavy (non-hydrogen) atoms. The fourth-order valence-corrected chi connectivity index (χ4v) is 1.89. The molecule has 82 valence electrons. The molecule has 1 aromatic rings. The molecule has 2 N–H and O–H groups in total. The minimum atomic E-state index is -1.09. The molecule has 0 radical (unpaired) electrons. The van der Waals surface area contributed by atoms with Gasteiger partial charge in [-0.2, -0.15) is 0 Å². The summed E-state index contributed by atoms with van der Waals surface area (Å²) in [6.45, 7) is 0. The van der Waals surface area contributed by atoms with E-state index in [0.29, 0.717) is 12.8 Å². The third-order valence-corrected chi connectivity index (χ3v) is 3.18. The molecule has 2 nitrogen and oxygen atoms in total. The number of benzene rings is 1. The van der Waals surface area contributed by atoms with Crippen molar-refractivity contribution in [1.82, 2.24) is 0 Å². The van der Waals surface area contributed by atoms with Crippen LogP contribution in [-0.4, -0.2) is 15.8 Å². The van der Waals surface area contributed by atoms with Gasteiger partial charge in [0.05, 0.1) is 10.1 Å². The zero-order valence-electron chi connectivity index (χ0n) is 7.73. The molecule has 0 bridgehead atoms. The molecule has 0 aliphatic heterocycles. The average Bonchev–Trinajstić information content (AvgIpc) is 2.89. The zero-order valence-corrected chi connectivity index (χ0v) is 9.31. The van der Waals surface area contributed by atoms with Crippen LogP contribution in [0.15, 0.2) is 10.5 Å². The van der Waals surface area contributed by atoms with Gasteiger partial charge in [0, 0.05) is 12.0 Å². The lowest BCUT2D eigenvalue weighted by molar-refractivity contribution is 0.148. The van der Waals surface area contributed by atoms with Gasteiger partial charge < -0.3 is 10.2 Å². The largest absolute Gasteiger partial charge is 0.506 e. The molecule has 0 unspecified atom stereocenters. The Kier molecular flexibility index (Phi) is 2.47. The molecular weight excluding hydrogens is 270 g/mol. The number of aliphatic hydroxyl groups is 1. The summed E-state index contributed by atoms with van der Waals surface area (Å²) in [4.78, 5) is 0. The molecule has 0 saturated heterocycles. The summed E-state index contributed by atoms with van der Waals surface area (Å²) in [5, 5.41) is 19.1. The Morgan fingerprint density at radius 2 is 2.00 bits per heavy atom. The summed E-state index contributed by atoms with van der Waals surface area (Å²) in [6, 6.07) is 0.866. The van der Waals surface area contributed by atoms with Gasteiger partial charge in [-0.1, -0.05) is 0 Å². The second-order valence-corrected chi connectivity index (χ2v) is 4.74. The average molecular weight is 279 g/mol. The van der Waals surface area contributed by atoms with E-state index in [9.17, 15) is 19.0 Å². The number of hydrogen-bond acceptors (Lipinski definition) is 2. The van der Waals surface area contributed by atoms with E-state index in [-0.39, 0.29) is 22.2 Å². The Morgan fingerprint density at radius 3 is 2.53 bits per heavy atom. The molecule has 1 fully saturated rings. The van der Waals surface area contributed by atoms with Crippen molar-refractivity contribution >= 4 is 15.9 Å². The van der Waals surface area contributed by atoms with E-state index >= 15 is 0 Å². The first-order valence-electron chi connectivity index (χ1n) is 4.51. The van der Waals surface area contributed by atoms with E-state index in [2.05, 4.69) is 15.9 Å². The first kappa shape index (κ1) is 10.8. The topological polar surface area (TPSA) is 40.5 Å². The van der Waals surface area contributed by atoms with Crippen molar-refractivity contribution in [2.24, 2.45) is 0 Å². The van der Waals surface area contributed by atoms with Gasteiger partial charge in [-0.3, -0.25) is 0 Å². The Balaban J connectivity index is 2.44. The lowest BCUT2D eigenvalue weighted by Crippen LogP contribution is -2.13. The Morgan fingerprint density at radius 1 is 1.40 bits per heavy atom. The summed E-state index contributed by atoms with van der Waals surface area (Å²) >= 11 is 2.92. The molecule has 0 spiro atoms. The quantitative estimate of drug-likeness (QED) is 0.816. The summed E-state index contributed by atoms with van der Waals surface area (Å²) in [7, 11) is 0. The standard InChI is InChI=1S/C10H9BrF2O2/c11-6-3-7(12)8(13)5(9(6)14)4-10(15)1-2-10/h3,14-15H,1-2,4H2. The van der Waals surface area contributed by atoms with Crippen molar-refractivity contribution in [2.75, 3.05) is 0 Å². The number of halogens is 3. The van der Waals surface area contributed by atoms with Crippen molar-refractivity contribution < 1.29 is 19.0 Å². The van der Waals surface area contributed by atoms with Crippen molar-refractivity contribution in [3.05, 3.63) is 27.7 Å². The molecule has 0 amide bonds.